The second kappa shape index (κ2) is 19.8. The number of carbonyl (C=O) groups excluding carboxylic acids is 2. The van der Waals surface area contributed by atoms with E-state index >= 15 is 0 Å². The van der Waals surface area contributed by atoms with E-state index in [1.807, 2.05) is 0 Å². The summed E-state index contributed by atoms with van der Waals surface area (Å²) >= 11 is 0. The fraction of sp³-hybridized carbons (Fsp3) is 0. The first kappa shape index (κ1) is 38.1. The summed E-state index contributed by atoms with van der Waals surface area (Å²) in [6, 6.07) is 12.5. The first-order chi connectivity index (χ1) is 13.0. The molecule has 0 unspecified atom stereocenters. The van der Waals surface area contributed by atoms with Crippen LogP contribution in [0.2, 0.25) is 0 Å². The molecule has 2 aromatic carbocycles. The molecule has 0 aliphatic carbocycles. The van der Waals surface area contributed by atoms with Crippen molar-refractivity contribution in [3.63, 3.8) is 0 Å². The van der Waals surface area contributed by atoms with Gasteiger partial charge in [-0.2, -0.15) is 0 Å². The first-order valence-corrected chi connectivity index (χ1v) is 7.60. The molecule has 32 heavy (non-hydrogen) atoms. The zero-order valence-electron chi connectivity index (χ0n) is 16.9. The van der Waals surface area contributed by atoms with Gasteiger partial charge in [0.05, 0.1) is 11.9 Å². The minimum Gasteiger partial charge on any atom is -0.545 e. The second-order valence-electron chi connectivity index (χ2n) is 5.15. The number of carbonyl (C=O) groups is 2. The van der Waals surface area contributed by atoms with Crippen LogP contribution >= 0.6 is 0 Å². The molecule has 0 aromatic heterocycles. The molecule has 0 spiro atoms. The maximum Gasteiger partial charge on any atom is 0.336 e. The summed E-state index contributed by atoms with van der Waals surface area (Å²) in [5, 5.41) is 30.4. The number of guanidine groups is 2. The molecular weight excluding hydrogens is 428 g/mol. The van der Waals surface area contributed by atoms with Gasteiger partial charge in [0.1, 0.15) is 0 Å². The van der Waals surface area contributed by atoms with Gasteiger partial charge in [-0.15, -0.1) is 0 Å². The molecule has 2 aromatic rings. The van der Waals surface area contributed by atoms with Gasteiger partial charge in [-0.3, -0.25) is 33.8 Å². The lowest BCUT2D eigenvalue weighted by Gasteiger charge is -2.03. The summed E-state index contributed by atoms with van der Waals surface area (Å²) < 4.78 is 0. The van der Waals surface area contributed by atoms with E-state index in [2.05, 4.69) is 33.8 Å². The van der Waals surface area contributed by atoms with Crippen LogP contribution in [-0.2, 0) is 0 Å². The normalized spacial score (nSPS) is 8.12. The number of rotatable bonds is 4. The van der Waals surface area contributed by atoms with Gasteiger partial charge >= 0.3 is 11.9 Å². The summed E-state index contributed by atoms with van der Waals surface area (Å²) in [7, 11) is 0. The molecule has 0 aliphatic rings. The molecule has 0 radical (unpaired) electrons. The minimum atomic E-state index is -1.21. The van der Waals surface area contributed by atoms with E-state index in [4.69, 9.17) is 0 Å². The molecule has 180 valence electrons. The average molecular weight is 458 g/mol. The molecule has 0 aliphatic heterocycles. The zero-order valence-corrected chi connectivity index (χ0v) is 16.9. The Morgan fingerprint density at radius 2 is 0.781 bits per heavy atom. The lowest BCUT2D eigenvalue weighted by Crippen LogP contribution is -2.51. The van der Waals surface area contributed by atoms with Gasteiger partial charge in [-0.25, -0.2) is 0 Å². The van der Waals surface area contributed by atoms with Gasteiger partial charge in [0.2, 0.25) is 0 Å². The van der Waals surface area contributed by atoms with Crippen LogP contribution < -0.4 is 44.0 Å². The Morgan fingerprint density at radius 3 is 0.938 bits per heavy atom. The van der Waals surface area contributed by atoms with Gasteiger partial charge < -0.3 is 41.7 Å². The Balaban J connectivity index is -0.000000177. The monoisotopic (exact) mass is 458 g/mol. The molecular formula is C18H30N6O8. The van der Waals surface area contributed by atoms with Crippen molar-refractivity contribution in [3.8, 4) is 0 Å². The largest absolute Gasteiger partial charge is 0.545 e. The zero-order chi connectivity index (χ0) is 21.7. The van der Waals surface area contributed by atoms with E-state index in [0.29, 0.717) is 0 Å². The molecule has 0 atom stereocenters. The van der Waals surface area contributed by atoms with Gasteiger partial charge in [0.15, 0.2) is 0 Å². The predicted molar refractivity (Wildman–Crippen MR) is 116 cm³/mol. The third-order valence-electron chi connectivity index (χ3n) is 2.76. The summed E-state index contributed by atoms with van der Waals surface area (Å²) in [6.45, 7) is 0. The quantitative estimate of drug-likeness (QED) is 0.145. The van der Waals surface area contributed by atoms with E-state index in [9.17, 15) is 19.8 Å². The third-order valence-corrected chi connectivity index (χ3v) is 2.76. The van der Waals surface area contributed by atoms with Crippen LogP contribution in [0.15, 0.2) is 48.5 Å². The van der Waals surface area contributed by atoms with E-state index in [1.54, 1.807) is 36.4 Å². The Bertz CT molecular complexity index is 775. The highest BCUT2D eigenvalue weighted by Crippen LogP contribution is 2.10. The number of hydrogen-bond donors (Lipinski definition) is 6. The number of carboxylic acid groups (broad SMARTS) is 2. The highest BCUT2D eigenvalue weighted by atomic mass is 16.4. The van der Waals surface area contributed by atoms with Gasteiger partial charge in [0.25, 0.3) is 0 Å². The maximum absolute atomic E-state index is 10.6. The Kier molecular flexibility index (Phi) is 23.6. The van der Waals surface area contributed by atoms with Crippen LogP contribution in [0.3, 0.4) is 0 Å². The van der Waals surface area contributed by atoms with Crippen molar-refractivity contribution in [2.45, 2.75) is 0 Å². The lowest BCUT2D eigenvalue weighted by atomic mass is 10.1. The molecule has 0 fully saturated rings. The molecule has 0 heterocycles. The molecule has 0 saturated carbocycles. The molecule has 20 N–H and O–H groups in total. The van der Waals surface area contributed by atoms with Crippen LogP contribution in [0.4, 0.5) is 0 Å². The van der Waals surface area contributed by atoms with Crippen LogP contribution in [0.1, 0.15) is 31.8 Å². The van der Waals surface area contributed by atoms with Crippen LogP contribution in [0.25, 0.3) is 12.2 Å². The predicted octanol–water partition coefficient (Wildman–Crippen LogP) is -8.68. The standard InChI is InChI=1S/C16H12O4.2CH5N3.4H2O/c17-15(18)13-7-3-11(4-8-13)1-2-12-5-9-14(10-6-12)16(19)20;2*2-1(3)4;;;;/h1-10H,(H,17,18)(H,19,20);2*(H5,2,3,4);4*1H2/b2-1+;;;;;;. The highest BCUT2D eigenvalue weighted by Gasteiger charge is 1.94. The van der Waals surface area contributed by atoms with Crippen LogP contribution in [0.5, 0.6) is 0 Å². The van der Waals surface area contributed by atoms with Gasteiger partial charge in [-0.1, -0.05) is 60.7 Å². The Hall–Kier alpha value is -4.50. The van der Waals surface area contributed by atoms with Crippen molar-refractivity contribution in [3.05, 3.63) is 70.8 Å². The second-order valence-corrected chi connectivity index (χ2v) is 5.15. The van der Waals surface area contributed by atoms with Crippen molar-refractivity contribution in [2.75, 3.05) is 0 Å². The van der Waals surface area contributed by atoms with Gasteiger partial charge in [-0.05, 0) is 22.3 Å². The van der Waals surface area contributed by atoms with Gasteiger partial charge in [0, 0.05) is 0 Å². The average Bonchev–Trinajstić information content (AvgIpc) is 2.59. The summed E-state index contributed by atoms with van der Waals surface area (Å²) in [5.74, 6) is -2.59. The third kappa shape index (κ3) is 18.8. The fourth-order valence-corrected chi connectivity index (χ4v) is 1.65. The number of aromatic carboxylic acids is 2. The number of benzene rings is 2. The molecule has 0 bridgehead atoms. The molecule has 0 saturated heterocycles. The maximum atomic E-state index is 10.6. The smallest absolute Gasteiger partial charge is 0.336 e. The van der Waals surface area contributed by atoms with Crippen LogP contribution in [0, 0.1) is 0 Å². The van der Waals surface area contributed by atoms with Crippen molar-refractivity contribution in [1.82, 2.24) is 0 Å². The summed E-state index contributed by atoms with van der Waals surface area (Å²) in [5.41, 5.74) is 20.2. The summed E-state index contributed by atoms with van der Waals surface area (Å²) in [4.78, 5) is 21.2. The molecule has 14 heteroatoms. The van der Waals surface area contributed by atoms with E-state index in [-0.39, 0.29) is 45.0 Å². The lowest BCUT2D eigenvalue weighted by molar-refractivity contribution is -0.256. The minimum absolute atomic E-state index is 0. The SMILES string of the molecule is NC(N)=[NH2+].NC(N)=[NH2+].O.O.O.O.O=C([O-])c1ccc(/C=C/c2ccc(C(=O)[O-])cc2)cc1. The Morgan fingerprint density at radius 1 is 0.594 bits per heavy atom. The molecule has 14 nitrogen and oxygen atoms in total. The number of nitrogens with two attached hydrogens (primary N) is 6. The van der Waals surface area contributed by atoms with Crippen molar-refractivity contribution < 1.29 is 52.5 Å². The van der Waals surface area contributed by atoms with Crippen molar-refractivity contribution in [2.24, 2.45) is 22.9 Å². The Labute approximate surface area is 183 Å². The van der Waals surface area contributed by atoms with E-state index in [0.717, 1.165) is 11.1 Å². The van der Waals surface area contributed by atoms with Crippen molar-refractivity contribution in [1.29, 1.82) is 0 Å². The van der Waals surface area contributed by atoms with Crippen LogP contribution in [-0.4, -0.2) is 45.8 Å². The fourth-order valence-electron chi connectivity index (χ4n) is 1.65. The molecule has 0 amide bonds. The van der Waals surface area contributed by atoms with E-state index < -0.39 is 11.9 Å². The topological polar surface area (TPSA) is 362 Å². The van der Waals surface area contributed by atoms with E-state index in [1.165, 1.54) is 24.3 Å². The number of carboxylic acids is 2. The number of hydrogen-bond acceptors (Lipinski definition) is 4. The highest BCUT2D eigenvalue weighted by molar-refractivity contribution is 5.87. The van der Waals surface area contributed by atoms with Crippen molar-refractivity contribution >= 4 is 36.0 Å². The first-order valence-electron chi connectivity index (χ1n) is 7.60. The molecule has 2 rings (SSSR count). The summed E-state index contributed by atoms with van der Waals surface area (Å²) in [6.07, 6.45) is 3.60.